The summed E-state index contributed by atoms with van der Waals surface area (Å²) < 4.78 is 1.48. The fourth-order valence-corrected chi connectivity index (χ4v) is 1.68. The molecule has 1 aromatic carbocycles. The SMILES string of the molecule is Cc1ccc(C(=O)Nc2ncnn2C)c(C#CCN)c1. The van der Waals surface area contributed by atoms with Crippen molar-refractivity contribution in [2.75, 3.05) is 11.9 Å². The number of hydrogen-bond donors (Lipinski definition) is 2. The number of amides is 1. The molecule has 1 heterocycles. The van der Waals surface area contributed by atoms with Crippen LogP contribution in [0.3, 0.4) is 0 Å². The number of hydrogen-bond acceptors (Lipinski definition) is 4. The number of aromatic nitrogens is 3. The predicted octanol–water partition coefficient (Wildman–Crippen LogP) is 0.686. The number of nitrogens with two attached hydrogens (primary N) is 1. The van der Waals surface area contributed by atoms with E-state index in [9.17, 15) is 4.79 Å². The minimum absolute atomic E-state index is 0.248. The Morgan fingerprint density at radius 3 is 2.95 bits per heavy atom. The summed E-state index contributed by atoms with van der Waals surface area (Å²) in [6, 6.07) is 5.45. The Morgan fingerprint density at radius 1 is 1.50 bits per heavy atom. The number of carbonyl (C=O) groups excluding carboxylic acids is 1. The fraction of sp³-hybridized carbons (Fsp3) is 0.214. The second-order valence-electron chi connectivity index (χ2n) is 4.22. The molecule has 0 aliphatic heterocycles. The Hall–Kier alpha value is -2.65. The van der Waals surface area contributed by atoms with Crippen LogP contribution >= 0.6 is 0 Å². The normalized spacial score (nSPS) is 9.75. The van der Waals surface area contributed by atoms with Gasteiger partial charge in [-0.2, -0.15) is 10.1 Å². The van der Waals surface area contributed by atoms with Gasteiger partial charge in [-0.05, 0) is 24.6 Å². The standard InChI is InChI=1S/C14H15N5O/c1-10-5-6-12(11(8-10)4-3-7-15)13(20)18-14-16-9-17-19(14)2/h5-6,8-9H,7,15H2,1-2H3,(H,16,17,18,20). The first-order valence-corrected chi connectivity index (χ1v) is 6.06. The zero-order chi connectivity index (χ0) is 14.5. The van der Waals surface area contributed by atoms with Crippen molar-refractivity contribution < 1.29 is 4.79 Å². The van der Waals surface area contributed by atoms with Gasteiger partial charge in [0.1, 0.15) is 6.33 Å². The molecule has 3 N–H and O–H groups in total. The second kappa shape index (κ2) is 5.99. The molecule has 2 rings (SSSR count). The van der Waals surface area contributed by atoms with Crippen molar-refractivity contribution in [3.05, 3.63) is 41.2 Å². The molecule has 0 saturated carbocycles. The lowest BCUT2D eigenvalue weighted by Crippen LogP contribution is -2.16. The van der Waals surface area contributed by atoms with Gasteiger partial charge in [-0.15, -0.1) is 0 Å². The van der Waals surface area contributed by atoms with Crippen molar-refractivity contribution in [2.24, 2.45) is 12.8 Å². The summed E-state index contributed by atoms with van der Waals surface area (Å²) in [4.78, 5) is 16.2. The number of benzene rings is 1. The van der Waals surface area contributed by atoms with E-state index < -0.39 is 0 Å². The van der Waals surface area contributed by atoms with E-state index in [1.807, 2.05) is 19.1 Å². The van der Waals surface area contributed by atoms with E-state index in [-0.39, 0.29) is 12.5 Å². The highest BCUT2D eigenvalue weighted by Crippen LogP contribution is 2.12. The van der Waals surface area contributed by atoms with Crippen LogP contribution in [0, 0.1) is 18.8 Å². The summed E-state index contributed by atoms with van der Waals surface area (Å²) >= 11 is 0. The lowest BCUT2D eigenvalue weighted by molar-refractivity contribution is 0.102. The Labute approximate surface area is 117 Å². The maximum atomic E-state index is 12.3. The molecule has 6 nitrogen and oxygen atoms in total. The lowest BCUT2D eigenvalue weighted by atomic mass is 10.0. The number of nitrogens with one attached hydrogen (secondary N) is 1. The molecule has 0 saturated heterocycles. The molecule has 0 unspecified atom stereocenters. The Morgan fingerprint density at radius 2 is 2.30 bits per heavy atom. The summed E-state index contributed by atoms with van der Waals surface area (Å²) in [5.74, 6) is 5.78. The molecular formula is C14H15N5O. The number of aryl methyl sites for hydroxylation is 2. The van der Waals surface area contributed by atoms with Crippen molar-refractivity contribution in [3.8, 4) is 11.8 Å². The molecule has 0 radical (unpaired) electrons. The van der Waals surface area contributed by atoms with Crippen LogP contribution in [0.25, 0.3) is 0 Å². The van der Waals surface area contributed by atoms with Crippen LogP contribution in [0.1, 0.15) is 21.5 Å². The van der Waals surface area contributed by atoms with Gasteiger partial charge in [0.25, 0.3) is 5.91 Å². The van der Waals surface area contributed by atoms with Crippen LogP contribution in [0.4, 0.5) is 5.95 Å². The summed E-state index contributed by atoms with van der Waals surface area (Å²) in [5.41, 5.74) is 7.54. The molecular weight excluding hydrogens is 254 g/mol. The highest BCUT2D eigenvalue weighted by Gasteiger charge is 2.12. The zero-order valence-electron chi connectivity index (χ0n) is 11.3. The van der Waals surface area contributed by atoms with Crippen molar-refractivity contribution in [3.63, 3.8) is 0 Å². The van der Waals surface area contributed by atoms with Crippen LogP contribution in [-0.2, 0) is 7.05 Å². The second-order valence-corrected chi connectivity index (χ2v) is 4.22. The maximum absolute atomic E-state index is 12.3. The Kier molecular flexibility index (Phi) is 4.13. The van der Waals surface area contributed by atoms with Gasteiger partial charge in [0.05, 0.1) is 12.1 Å². The molecule has 0 aliphatic rings. The van der Waals surface area contributed by atoms with Crippen LogP contribution in [0.2, 0.25) is 0 Å². The first-order valence-electron chi connectivity index (χ1n) is 6.06. The molecule has 6 heteroatoms. The third-order valence-electron chi connectivity index (χ3n) is 2.68. The van der Waals surface area contributed by atoms with Crippen molar-refractivity contribution in [1.29, 1.82) is 0 Å². The van der Waals surface area contributed by atoms with E-state index in [2.05, 4.69) is 27.2 Å². The molecule has 20 heavy (non-hydrogen) atoms. The van der Waals surface area contributed by atoms with Gasteiger partial charge in [0.15, 0.2) is 0 Å². The smallest absolute Gasteiger partial charge is 0.259 e. The van der Waals surface area contributed by atoms with Crippen LogP contribution < -0.4 is 11.1 Å². The highest BCUT2D eigenvalue weighted by atomic mass is 16.1. The summed E-state index contributed by atoms with van der Waals surface area (Å²) in [5, 5.41) is 6.59. The minimum Gasteiger partial charge on any atom is -0.320 e. The van der Waals surface area contributed by atoms with Crippen LogP contribution in [-0.4, -0.2) is 27.2 Å². The van der Waals surface area contributed by atoms with E-state index in [0.29, 0.717) is 17.1 Å². The molecule has 0 bridgehead atoms. The molecule has 0 atom stereocenters. The third kappa shape index (κ3) is 3.02. The molecule has 0 aliphatic carbocycles. The van der Waals surface area contributed by atoms with E-state index in [1.54, 1.807) is 13.1 Å². The molecule has 0 fully saturated rings. The monoisotopic (exact) mass is 269 g/mol. The van der Waals surface area contributed by atoms with E-state index in [4.69, 9.17) is 5.73 Å². The van der Waals surface area contributed by atoms with Gasteiger partial charge in [0, 0.05) is 12.6 Å². The summed E-state index contributed by atoms with van der Waals surface area (Å²) in [6.45, 7) is 2.19. The highest BCUT2D eigenvalue weighted by molar-refractivity contribution is 6.05. The van der Waals surface area contributed by atoms with E-state index in [0.717, 1.165) is 5.56 Å². The third-order valence-corrected chi connectivity index (χ3v) is 2.68. The lowest BCUT2D eigenvalue weighted by Gasteiger charge is -2.07. The van der Waals surface area contributed by atoms with Gasteiger partial charge in [0.2, 0.25) is 5.95 Å². The Balaban J connectivity index is 2.32. The molecule has 0 spiro atoms. The van der Waals surface area contributed by atoms with Gasteiger partial charge >= 0.3 is 0 Å². The zero-order valence-corrected chi connectivity index (χ0v) is 11.3. The minimum atomic E-state index is -0.276. The molecule has 1 aromatic heterocycles. The quantitative estimate of drug-likeness (QED) is 0.785. The van der Waals surface area contributed by atoms with Gasteiger partial charge < -0.3 is 5.73 Å². The van der Waals surface area contributed by atoms with Crippen molar-refractivity contribution in [2.45, 2.75) is 6.92 Å². The van der Waals surface area contributed by atoms with Gasteiger partial charge in [-0.3, -0.25) is 10.1 Å². The van der Waals surface area contributed by atoms with Crippen molar-refractivity contribution in [1.82, 2.24) is 14.8 Å². The molecule has 102 valence electrons. The van der Waals surface area contributed by atoms with E-state index in [1.165, 1.54) is 11.0 Å². The van der Waals surface area contributed by atoms with Gasteiger partial charge in [-0.1, -0.05) is 17.9 Å². The largest absolute Gasteiger partial charge is 0.320 e. The maximum Gasteiger partial charge on any atom is 0.259 e. The number of nitrogens with zero attached hydrogens (tertiary/aromatic N) is 3. The first-order chi connectivity index (χ1) is 9.61. The van der Waals surface area contributed by atoms with Crippen LogP contribution in [0.5, 0.6) is 0 Å². The van der Waals surface area contributed by atoms with Gasteiger partial charge in [-0.25, -0.2) is 4.68 Å². The average Bonchev–Trinajstić information content (AvgIpc) is 2.82. The summed E-state index contributed by atoms with van der Waals surface area (Å²) in [7, 11) is 1.70. The number of anilines is 1. The topological polar surface area (TPSA) is 85.8 Å². The predicted molar refractivity (Wildman–Crippen MR) is 76.1 cm³/mol. The summed E-state index contributed by atoms with van der Waals surface area (Å²) in [6.07, 6.45) is 1.37. The van der Waals surface area contributed by atoms with E-state index >= 15 is 0 Å². The molecule has 2 aromatic rings. The van der Waals surface area contributed by atoms with Crippen LogP contribution in [0.15, 0.2) is 24.5 Å². The fourth-order valence-electron chi connectivity index (χ4n) is 1.68. The Bertz CT molecular complexity index is 693. The average molecular weight is 269 g/mol. The number of rotatable bonds is 2. The van der Waals surface area contributed by atoms with Crippen molar-refractivity contribution >= 4 is 11.9 Å². The first kappa shape index (κ1) is 13.8. The number of carbonyl (C=O) groups is 1. The molecule has 1 amide bonds.